The van der Waals surface area contributed by atoms with Gasteiger partial charge in [0.2, 0.25) is 0 Å². The summed E-state index contributed by atoms with van der Waals surface area (Å²) in [5.41, 5.74) is 1.06. The number of hydrogen-bond donors (Lipinski definition) is 1. The summed E-state index contributed by atoms with van der Waals surface area (Å²) in [6.07, 6.45) is 3.61. The molecule has 3 rings (SSSR count). The lowest BCUT2D eigenvalue weighted by Crippen LogP contribution is -2.18. The summed E-state index contributed by atoms with van der Waals surface area (Å²) in [7, 11) is 0. The van der Waals surface area contributed by atoms with Gasteiger partial charge in [-0.3, -0.25) is 0 Å². The molecule has 0 amide bonds. The predicted molar refractivity (Wildman–Crippen MR) is 69.5 cm³/mol. The molecule has 2 heterocycles. The van der Waals surface area contributed by atoms with Gasteiger partial charge in [-0.25, -0.2) is 0 Å². The summed E-state index contributed by atoms with van der Waals surface area (Å²) in [4.78, 5) is 0. The van der Waals surface area contributed by atoms with Crippen molar-refractivity contribution in [3.05, 3.63) is 18.2 Å². The van der Waals surface area contributed by atoms with Gasteiger partial charge in [0.05, 0.1) is 19.3 Å². The standard InChI is InChI=1S/C14H19NO3/c1-3-12(16-6-1)10-15-11-4-5-13-14(9-11)18-8-2-7-17-13/h4-5,9,12,15H,1-3,6-8,10H2. The van der Waals surface area contributed by atoms with Crippen molar-refractivity contribution in [2.45, 2.75) is 25.4 Å². The third-order valence-corrected chi connectivity index (χ3v) is 3.31. The van der Waals surface area contributed by atoms with E-state index in [0.29, 0.717) is 6.10 Å². The van der Waals surface area contributed by atoms with Crippen LogP contribution < -0.4 is 14.8 Å². The molecule has 0 aliphatic carbocycles. The average Bonchev–Trinajstić information content (AvgIpc) is 2.80. The van der Waals surface area contributed by atoms with E-state index in [4.69, 9.17) is 14.2 Å². The monoisotopic (exact) mass is 249 g/mol. The van der Waals surface area contributed by atoms with Crippen LogP contribution in [0.1, 0.15) is 19.3 Å². The molecular weight excluding hydrogens is 230 g/mol. The van der Waals surface area contributed by atoms with E-state index in [1.54, 1.807) is 0 Å². The van der Waals surface area contributed by atoms with Crippen LogP contribution in [-0.2, 0) is 4.74 Å². The minimum absolute atomic E-state index is 0.348. The summed E-state index contributed by atoms with van der Waals surface area (Å²) in [6, 6.07) is 6.01. The fraction of sp³-hybridized carbons (Fsp3) is 0.571. The Bertz CT molecular complexity index is 402. The number of ether oxygens (including phenoxy) is 3. The number of rotatable bonds is 3. The molecular formula is C14H19NO3. The van der Waals surface area contributed by atoms with Gasteiger partial charge in [-0.05, 0) is 25.0 Å². The molecule has 2 aliphatic heterocycles. The van der Waals surface area contributed by atoms with Crippen molar-refractivity contribution in [3.8, 4) is 11.5 Å². The summed E-state index contributed by atoms with van der Waals surface area (Å²) >= 11 is 0. The van der Waals surface area contributed by atoms with Gasteiger partial charge >= 0.3 is 0 Å². The first kappa shape index (κ1) is 11.7. The van der Waals surface area contributed by atoms with E-state index in [-0.39, 0.29) is 0 Å². The Morgan fingerprint density at radius 3 is 2.78 bits per heavy atom. The fourth-order valence-corrected chi connectivity index (χ4v) is 2.31. The van der Waals surface area contributed by atoms with E-state index in [9.17, 15) is 0 Å². The molecule has 2 aliphatic rings. The third-order valence-electron chi connectivity index (χ3n) is 3.31. The maximum Gasteiger partial charge on any atom is 0.163 e. The highest BCUT2D eigenvalue weighted by atomic mass is 16.5. The van der Waals surface area contributed by atoms with Crippen molar-refractivity contribution >= 4 is 5.69 Å². The van der Waals surface area contributed by atoms with Gasteiger partial charge in [0.1, 0.15) is 0 Å². The molecule has 1 aromatic rings. The Morgan fingerprint density at radius 2 is 1.94 bits per heavy atom. The lowest BCUT2D eigenvalue weighted by Gasteiger charge is -2.14. The van der Waals surface area contributed by atoms with Gasteiger partial charge in [0.15, 0.2) is 11.5 Å². The normalized spacial score (nSPS) is 22.6. The Morgan fingerprint density at radius 1 is 1.06 bits per heavy atom. The lowest BCUT2D eigenvalue weighted by molar-refractivity contribution is 0.120. The van der Waals surface area contributed by atoms with Gasteiger partial charge in [-0.2, -0.15) is 0 Å². The van der Waals surface area contributed by atoms with Gasteiger partial charge in [0.25, 0.3) is 0 Å². The highest BCUT2D eigenvalue weighted by Gasteiger charge is 2.15. The van der Waals surface area contributed by atoms with Crippen LogP contribution in [0.3, 0.4) is 0 Å². The first-order valence-corrected chi connectivity index (χ1v) is 6.67. The zero-order valence-electron chi connectivity index (χ0n) is 10.5. The van der Waals surface area contributed by atoms with E-state index in [1.807, 2.05) is 18.2 Å². The molecule has 0 spiro atoms. The summed E-state index contributed by atoms with van der Waals surface area (Å²) in [6.45, 7) is 3.21. The Hall–Kier alpha value is -1.42. The van der Waals surface area contributed by atoms with Crippen LogP contribution in [-0.4, -0.2) is 32.5 Å². The minimum Gasteiger partial charge on any atom is -0.490 e. The molecule has 1 N–H and O–H groups in total. The number of fused-ring (bicyclic) bond motifs is 1. The van der Waals surface area contributed by atoms with E-state index < -0.39 is 0 Å². The Balaban J connectivity index is 1.63. The molecule has 18 heavy (non-hydrogen) atoms. The smallest absolute Gasteiger partial charge is 0.163 e. The van der Waals surface area contributed by atoms with Crippen molar-refractivity contribution in [1.82, 2.24) is 0 Å². The van der Waals surface area contributed by atoms with E-state index >= 15 is 0 Å². The second-order valence-corrected chi connectivity index (χ2v) is 4.73. The van der Waals surface area contributed by atoms with Crippen molar-refractivity contribution in [2.24, 2.45) is 0 Å². The largest absolute Gasteiger partial charge is 0.490 e. The average molecular weight is 249 g/mol. The zero-order valence-corrected chi connectivity index (χ0v) is 10.5. The van der Waals surface area contributed by atoms with Crippen LogP contribution in [0.2, 0.25) is 0 Å². The molecule has 0 radical (unpaired) electrons. The predicted octanol–water partition coefficient (Wildman–Crippen LogP) is 2.44. The number of anilines is 1. The molecule has 4 heteroatoms. The van der Waals surface area contributed by atoms with E-state index in [2.05, 4.69) is 5.32 Å². The number of hydrogen-bond acceptors (Lipinski definition) is 4. The summed E-state index contributed by atoms with van der Waals surface area (Å²) in [5.74, 6) is 1.68. The maximum atomic E-state index is 5.66. The minimum atomic E-state index is 0.348. The van der Waals surface area contributed by atoms with Crippen LogP contribution in [0.5, 0.6) is 11.5 Å². The van der Waals surface area contributed by atoms with E-state index in [0.717, 1.165) is 56.4 Å². The zero-order chi connectivity index (χ0) is 12.2. The molecule has 1 fully saturated rings. The van der Waals surface area contributed by atoms with Crippen LogP contribution >= 0.6 is 0 Å². The van der Waals surface area contributed by atoms with Crippen LogP contribution in [0.4, 0.5) is 5.69 Å². The second kappa shape index (κ2) is 5.48. The second-order valence-electron chi connectivity index (χ2n) is 4.73. The molecule has 1 saturated heterocycles. The highest BCUT2D eigenvalue weighted by Crippen LogP contribution is 2.32. The van der Waals surface area contributed by atoms with Crippen molar-refractivity contribution in [1.29, 1.82) is 0 Å². The van der Waals surface area contributed by atoms with Gasteiger partial charge in [0, 0.05) is 31.3 Å². The molecule has 1 unspecified atom stereocenters. The lowest BCUT2D eigenvalue weighted by atomic mass is 10.2. The molecule has 4 nitrogen and oxygen atoms in total. The molecule has 0 aromatic heterocycles. The fourth-order valence-electron chi connectivity index (χ4n) is 2.31. The van der Waals surface area contributed by atoms with E-state index in [1.165, 1.54) is 6.42 Å². The van der Waals surface area contributed by atoms with Crippen molar-refractivity contribution in [2.75, 3.05) is 31.7 Å². The number of nitrogens with one attached hydrogen (secondary N) is 1. The first-order chi connectivity index (χ1) is 8.92. The quantitative estimate of drug-likeness (QED) is 0.893. The summed E-state index contributed by atoms with van der Waals surface area (Å²) in [5, 5.41) is 3.40. The Kier molecular flexibility index (Phi) is 3.55. The van der Waals surface area contributed by atoms with Gasteiger partial charge in [-0.1, -0.05) is 0 Å². The molecule has 0 saturated carbocycles. The third kappa shape index (κ3) is 2.70. The molecule has 0 bridgehead atoms. The van der Waals surface area contributed by atoms with Crippen LogP contribution in [0.15, 0.2) is 18.2 Å². The van der Waals surface area contributed by atoms with Gasteiger partial charge in [-0.15, -0.1) is 0 Å². The maximum absolute atomic E-state index is 5.66. The van der Waals surface area contributed by atoms with Crippen LogP contribution in [0, 0.1) is 0 Å². The van der Waals surface area contributed by atoms with Gasteiger partial charge < -0.3 is 19.5 Å². The highest BCUT2D eigenvalue weighted by molar-refractivity contribution is 5.55. The molecule has 1 aromatic carbocycles. The number of benzene rings is 1. The first-order valence-electron chi connectivity index (χ1n) is 6.67. The van der Waals surface area contributed by atoms with Crippen molar-refractivity contribution in [3.63, 3.8) is 0 Å². The summed E-state index contributed by atoms with van der Waals surface area (Å²) < 4.78 is 16.9. The topological polar surface area (TPSA) is 39.7 Å². The SMILES string of the molecule is c1cc2c(cc1NCC1CCCO1)OCCCO2. The van der Waals surface area contributed by atoms with Crippen LogP contribution in [0.25, 0.3) is 0 Å². The Labute approximate surface area is 107 Å². The molecule has 98 valence electrons. The molecule has 1 atom stereocenters. The van der Waals surface area contributed by atoms with Crippen molar-refractivity contribution < 1.29 is 14.2 Å².